The van der Waals surface area contributed by atoms with E-state index >= 15 is 0 Å². The molecule has 208 valence electrons. The number of benzene rings is 2. The first-order chi connectivity index (χ1) is 17.9. The number of carbonyl (C=O) groups excluding carboxylic acids is 3. The van der Waals surface area contributed by atoms with Crippen LogP contribution < -0.4 is 15.4 Å². The van der Waals surface area contributed by atoms with Crippen molar-refractivity contribution >= 4 is 23.6 Å². The summed E-state index contributed by atoms with van der Waals surface area (Å²) in [5.74, 6) is 0.130. The van der Waals surface area contributed by atoms with Gasteiger partial charge < -0.3 is 25.0 Å². The number of amides is 3. The summed E-state index contributed by atoms with van der Waals surface area (Å²) in [6.07, 6.45) is 1.28. The molecule has 0 saturated carbocycles. The molecule has 8 heteroatoms. The largest absolute Gasteiger partial charge is 0.497 e. The van der Waals surface area contributed by atoms with Crippen molar-refractivity contribution in [1.82, 2.24) is 10.2 Å². The molecular formula is C30H43N3O5. The zero-order valence-electron chi connectivity index (χ0n) is 23.7. The van der Waals surface area contributed by atoms with Crippen molar-refractivity contribution in [2.75, 3.05) is 19.0 Å². The number of ether oxygens (including phenoxy) is 2. The van der Waals surface area contributed by atoms with Gasteiger partial charge in [-0.15, -0.1) is 0 Å². The summed E-state index contributed by atoms with van der Waals surface area (Å²) in [6.45, 7) is 11.7. The molecule has 0 aliphatic carbocycles. The second-order valence-corrected chi connectivity index (χ2v) is 10.7. The van der Waals surface area contributed by atoms with Crippen LogP contribution in [0.25, 0.3) is 0 Å². The van der Waals surface area contributed by atoms with Gasteiger partial charge in [-0.2, -0.15) is 0 Å². The van der Waals surface area contributed by atoms with Gasteiger partial charge in [0.25, 0.3) is 5.91 Å². The maximum atomic E-state index is 14.1. The number of rotatable bonds is 12. The summed E-state index contributed by atoms with van der Waals surface area (Å²) in [6, 6.07) is 14.5. The highest BCUT2D eigenvalue weighted by atomic mass is 16.6. The zero-order valence-corrected chi connectivity index (χ0v) is 23.7. The van der Waals surface area contributed by atoms with Crippen LogP contribution in [-0.4, -0.2) is 48.1 Å². The van der Waals surface area contributed by atoms with Crippen molar-refractivity contribution in [3.63, 3.8) is 0 Å². The third-order valence-electron chi connectivity index (χ3n) is 5.76. The van der Waals surface area contributed by atoms with E-state index in [9.17, 15) is 14.4 Å². The van der Waals surface area contributed by atoms with Crippen molar-refractivity contribution in [2.45, 2.75) is 78.5 Å². The van der Waals surface area contributed by atoms with Crippen LogP contribution in [0.4, 0.5) is 10.5 Å². The lowest BCUT2D eigenvalue weighted by molar-refractivity contribution is -0.141. The number of hydrogen-bond acceptors (Lipinski definition) is 5. The van der Waals surface area contributed by atoms with Crippen molar-refractivity contribution in [3.8, 4) is 5.75 Å². The summed E-state index contributed by atoms with van der Waals surface area (Å²) < 4.78 is 10.7. The maximum absolute atomic E-state index is 14.1. The highest BCUT2D eigenvalue weighted by Crippen LogP contribution is 2.26. The number of nitrogens with one attached hydrogen (secondary N) is 2. The standard InChI is InChI=1S/C30H43N3O5/c1-8-9-19-33(28(35)25(20-21(2)3)32-29(36)38-30(4,5)6)26(22-13-11-10-12-14-22)27(34)31-23-15-17-24(37-7)18-16-23/h10-18,21,25-26H,8-9,19-20H2,1-7H3,(H,31,34)(H,32,36). The second-order valence-electron chi connectivity index (χ2n) is 10.7. The lowest BCUT2D eigenvalue weighted by Crippen LogP contribution is -2.53. The second kappa shape index (κ2) is 14.4. The molecule has 2 atom stereocenters. The van der Waals surface area contributed by atoms with Gasteiger partial charge in [0.1, 0.15) is 23.4 Å². The monoisotopic (exact) mass is 525 g/mol. The first kappa shape index (κ1) is 30.7. The molecule has 2 rings (SSSR count). The molecule has 2 unspecified atom stereocenters. The molecule has 2 aromatic rings. The Kier molecular flexibility index (Phi) is 11.6. The number of alkyl carbamates (subject to hydrolysis) is 1. The van der Waals surface area contributed by atoms with Gasteiger partial charge in [0, 0.05) is 12.2 Å². The quantitative estimate of drug-likeness (QED) is 0.357. The molecule has 8 nitrogen and oxygen atoms in total. The number of methoxy groups -OCH3 is 1. The van der Waals surface area contributed by atoms with E-state index in [1.165, 1.54) is 0 Å². The average Bonchev–Trinajstić information content (AvgIpc) is 2.85. The number of nitrogens with zero attached hydrogens (tertiary/aromatic N) is 1. The molecule has 0 saturated heterocycles. The smallest absolute Gasteiger partial charge is 0.408 e. The van der Waals surface area contributed by atoms with Gasteiger partial charge in [0.05, 0.1) is 7.11 Å². The molecule has 0 heterocycles. The summed E-state index contributed by atoms with van der Waals surface area (Å²) in [7, 11) is 1.58. The van der Waals surface area contributed by atoms with E-state index in [2.05, 4.69) is 10.6 Å². The Morgan fingerprint density at radius 1 is 0.974 bits per heavy atom. The van der Waals surface area contributed by atoms with Gasteiger partial charge in [0.15, 0.2) is 0 Å². The van der Waals surface area contributed by atoms with Gasteiger partial charge in [-0.1, -0.05) is 57.5 Å². The minimum atomic E-state index is -0.896. The zero-order chi connectivity index (χ0) is 28.3. The number of hydrogen-bond donors (Lipinski definition) is 2. The Hall–Kier alpha value is -3.55. The normalized spacial score (nSPS) is 12.8. The molecule has 2 N–H and O–H groups in total. The lowest BCUT2D eigenvalue weighted by Gasteiger charge is -2.35. The van der Waals surface area contributed by atoms with Gasteiger partial charge in [-0.25, -0.2) is 4.79 Å². The molecule has 0 aromatic heterocycles. The Bertz CT molecular complexity index is 1030. The van der Waals surface area contributed by atoms with Crippen LogP contribution >= 0.6 is 0 Å². The number of carbonyl (C=O) groups is 3. The third kappa shape index (κ3) is 9.72. The van der Waals surface area contributed by atoms with E-state index in [-0.39, 0.29) is 17.7 Å². The minimum absolute atomic E-state index is 0.121. The SMILES string of the molecule is CCCCN(C(=O)C(CC(C)C)NC(=O)OC(C)(C)C)C(C(=O)Nc1ccc(OC)cc1)c1ccccc1. The fourth-order valence-corrected chi connectivity index (χ4v) is 4.03. The predicted molar refractivity (Wildman–Crippen MR) is 150 cm³/mol. The van der Waals surface area contributed by atoms with Crippen molar-refractivity contribution < 1.29 is 23.9 Å². The fraction of sp³-hybridized carbons (Fsp3) is 0.500. The van der Waals surface area contributed by atoms with E-state index in [4.69, 9.17) is 9.47 Å². The lowest BCUT2D eigenvalue weighted by atomic mass is 9.98. The van der Waals surface area contributed by atoms with Gasteiger partial charge in [-0.3, -0.25) is 9.59 Å². The molecule has 0 radical (unpaired) electrons. The van der Waals surface area contributed by atoms with Crippen LogP contribution in [0.15, 0.2) is 54.6 Å². The molecule has 3 amide bonds. The van der Waals surface area contributed by atoms with Crippen LogP contribution in [0.3, 0.4) is 0 Å². The highest BCUT2D eigenvalue weighted by Gasteiger charge is 2.36. The molecule has 0 spiro atoms. The van der Waals surface area contributed by atoms with Crippen molar-refractivity contribution in [2.24, 2.45) is 5.92 Å². The van der Waals surface area contributed by atoms with Gasteiger partial charge in [0.2, 0.25) is 5.91 Å². The average molecular weight is 526 g/mol. The number of anilines is 1. The van der Waals surface area contributed by atoms with E-state index < -0.39 is 23.8 Å². The summed E-state index contributed by atoms with van der Waals surface area (Å²) in [4.78, 5) is 42.1. The first-order valence-electron chi connectivity index (χ1n) is 13.2. The third-order valence-corrected chi connectivity index (χ3v) is 5.76. The van der Waals surface area contributed by atoms with Crippen LogP contribution in [-0.2, 0) is 14.3 Å². The van der Waals surface area contributed by atoms with E-state index in [1.807, 2.05) is 51.1 Å². The van der Waals surface area contributed by atoms with E-state index in [1.54, 1.807) is 57.0 Å². The predicted octanol–water partition coefficient (Wildman–Crippen LogP) is 5.94. The Labute approximate surface area is 227 Å². The first-order valence-corrected chi connectivity index (χ1v) is 13.2. The molecule has 0 aliphatic heterocycles. The summed E-state index contributed by atoms with van der Waals surface area (Å²) in [5.41, 5.74) is 0.566. The highest BCUT2D eigenvalue weighted by molar-refractivity contribution is 5.99. The van der Waals surface area contributed by atoms with Crippen LogP contribution in [0.1, 0.15) is 72.4 Å². The molecular weight excluding hydrogens is 482 g/mol. The maximum Gasteiger partial charge on any atom is 0.408 e. The molecule has 2 aromatic carbocycles. The van der Waals surface area contributed by atoms with Gasteiger partial charge in [-0.05, 0) is 69.4 Å². The Morgan fingerprint density at radius 2 is 1.61 bits per heavy atom. The van der Waals surface area contributed by atoms with Crippen molar-refractivity contribution in [1.29, 1.82) is 0 Å². The van der Waals surface area contributed by atoms with Crippen LogP contribution in [0.2, 0.25) is 0 Å². The molecule has 0 fully saturated rings. The topological polar surface area (TPSA) is 97.0 Å². The molecule has 0 aliphatic rings. The van der Waals surface area contributed by atoms with Crippen molar-refractivity contribution in [3.05, 3.63) is 60.2 Å². The van der Waals surface area contributed by atoms with Crippen LogP contribution in [0, 0.1) is 5.92 Å². The van der Waals surface area contributed by atoms with Crippen LogP contribution in [0.5, 0.6) is 5.75 Å². The minimum Gasteiger partial charge on any atom is -0.497 e. The van der Waals surface area contributed by atoms with E-state index in [0.717, 1.165) is 6.42 Å². The van der Waals surface area contributed by atoms with E-state index in [0.29, 0.717) is 36.4 Å². The fourth-order valence-electron chi connectivity index (χ4n) is 4.03. The summed E-state index contributed by atoms with van der Waals surface area (Å²) >= 11 is 0. The number of unbranched alkanes of at least 4 members (excludes halogenated alkanes) is 1. The molecule has 38 heavy (non-hydrogen) atoms. The summed E-state index contributed by atoms with van der Waals surface area (Å²) in [5, 5.41) is 5.73. The Morgan fingerprint density at radius 3 is 2.13 bits per heavy atom. The molecule has 0 bridgehead atoms. The Balaban J connectivity index is 2.46. The van der Waals surface area contributed by atoms with Gasteiger partial charge >= 0.3 is 6.09 Å².